The molecule has 0 aliphatic rings. The van der Waals surface area contributed by atoms with E-state index in [4.69, 9.17) is 0 Å². The summed E-state index contributed by atoms with van der Waals surface area (Å²) in [5.41, 5.74) is -3.01. The molecule has 0 amide bonds. The highest BCUT2D eigenvalue weighted by Crippen LogP contribution is 2.45. The Morgan fingerprint density at radius 3 is 2.00 bits per heavy atom. The third-order valence-electron chi connectivity index (χ3n) is 3.24. The molecule has 120 valence electrons. The van der Waals surface area contributed by atoms with Gasteiger partial charge >= 0.3 is 12.4 Å². The number of nitrogens with zero attached hydrogens (tertiary/aromatic N) is 2. The number of hydrogen-bond donors (Lipinski definition) is 0. The first-order valence-electron chi connectivity index (χ1n) is 6.22. The van der Waals surface area contributed by atoms with Crippen LogP contribution in [0, 0.1) is 13.8 Å². The largest absolute Gasteiger partial charge is 0.433 e. The van der Waals surface area contributed by atoms with Crippen molar-refractivity contribution in [2.45, 2.75) is 26.2 Å². The van der Waals surface area contributed by atoms with Crippen LogP contribution in [0.15, 0.2) is 18.2 Å². The molecule has 0 aliphatic heterocycles. The lowest BCUT2D eigenvalue weighted by atomic mass is 9.99. The van der Waals surface area contributed by atoms with E-state index in [9.17, 15) is 26.3 Å². The van der Waals surface area contributed by atoms with Crippen molar-refractivity contribution in [3.63, 3.8) is 0 Å². The molecule has 8 heteroatoms. The zero-order valence-corrected chi connectivity index (χ0v) is 11.9. The van der Waals surface area contributed by atoms with Gasteiger partial charge in [0.25, 0.3) is 0 Å². The van der Waals surface area contributed by atoms with E-state index in [0.29, 0.717) is 5.56 Å². The fourth-order valence-corrected chi connectivity index (χ4v) is 2.39. The molecule has 1 heterocycles. The molecule has 0 radical (unpaired) electrons. The quantitative estimate of drug-likeness (QED) is 0.693. The van der Waals surface area contributed by atoms with Gasteiger partial charge in [-0.3, -0.25) is 4.68 Å². The minimum absolute atomic E-state index is 0.0315. The van der Waals surface area contributed by atoms with Crippen molar-refractivity contribution in [1.29, 1.82) is 0 Å². The van der Waals surface area contributed by atoms with Gasteiger partial charge in [0, 0.05) is 12.6 Å². The van der Waals surface area contributed by atoms with Crippen molar-refractivity contribution in [2.75, 3.05) is 0 Å². The van der Waals surface area contributed by atoms with Crippen LogP contribution in [-0.2, 0) is 19.4 Å². The second-order valence-corrected chi connectivity index (χ2v) is 5.01. The molecule has 1 aromatic heterocycles. The molecule has 0 atom stereocenters. The molecule has 0 saturated heterocycles. The summed E-state index contributed by atoms with van der Waals surface area (Å²) in [6, 6.07) is 4.48. The van der Waals surface area contributed by atoms with Crippen molar-refractivity contribution in [3.8, 4) is 11.3 Å². The van der Waals surface area contributed by atoms with Crippen molar-refractivity contribution in [1.82, 2.24) is 9.78 Å². The lowest BCUT2D eigenvalue weighted by molar-refractivity contribution is -0.165. The lowest BCUT2D eigenvalue weighted by Gasteiger charge is -2.13. The van der Waals surface area contributed by atoms with Gasteiger partial charge in [-0.15, -0.1) is 0 Å². The Hall–Kier alpha value is -1.99. The Morgan fingerprint density at radius 2 is 1.55 bits per heavy atom. The lowest BCUT2D eigenvalue weighted by Crippen LogP contribution is -2.18. The number of hydrogen-bond acceptors (Lipinski definition) is 1. The van der Waals surface area contributed by atoms with Crippen LogP contribution in [0.2, 0.25) is 0 Å². The van der Waals surface area contributed by atoms with Crippen molar-refractivity contribution in [3.05, 3.63) is 40.6 Å². The fourth-order valence-electron chi connectivity index (χ4n) is 2.39. The van der Waals surface area contributed by atoms with E-state index in [0.717, 1.165) is 12.6 Å². The predicted octanol–water partition coefficient (Wildman–Crippen LogP) is 4.74. The van der Waals surface area contributed by atoms with Crippen LogP contribution in [0.5, 0.6) is 0 Å². The van der Waals surface area contributed by atoms with Gasteiger partial charge in [-0.2, -0.15) is 31.4 Å². The fraction of sp³-hybridized carbons (Fsp3) is 0.357. The van der Waals surface area contributed by atoms with E-state index < -0.39 is 29.3 Å². The maximum atomic E-state index is 13.2. The summed E-state index contributed by atoms with van der Waals surface area (Å²) < 4.78 is 78.7. The van der Waals surface area contributed by atoms with Crippen molar-refractivity contribution < 1.29 is 26.3 Å². The van der Waals surface area contributed by atoms with Gasteiger partial charge in [0.1, 0.15) is 11.3 Å². The van der Waals surface area contributed by atoms with Gasteiger partial charge in [-0.25, -0.2) is 0 Å². The van der Waals surface area contributed by atoms with Crippen LogP contribution in [0.1, 0.15) is 22.4 Å². The number of aromatic nitrogens is 2. The SMILES string of the molecule is Cc1ccc(-c2nn(C)c(C(F)(F)F)c2C(F)(F)F)c(C)c1. The third-order valence-corrected chi connectivity index (χ3v) is 3.24. The molecule has 0 aliphatic carbocycles. The highest BCUT2D eigenvalue weighted by atomic mass is 19.4. The maximum Gasteiger partial charge on any atom is 0.433 e. The van der Waals surface area contributed by atoms with Gasteiger partial charge in [0.2, 0.25) is 0 Å². The highest BCUT2D eigenvalue weighted by Gasteiger charge is 2.49. The number of rotatable bonds is 1. The second kappa shape index (κ2) is 5.03. The molecule has 2 aromatic rings. The molecule has 0 bridgehead atoms. The van der Waals surface area contributed by atoms with Crippen LogP contribution in [-0.4, -0.2) is 9.78 Å². The third kappa shape index (κ3) is 2.82. The number of benzene rings is 1. The normalized spacial score (nSPS) is 12.8. The molecule has 0 spiro atoms. The molecule has 1 aromatic carbocycles. The van der Waals surface area contributed by atoms with Gasteiger partial charge in [-0.1, -0.05) is 23.8 Å². The van der Waals surface area contributed by atoms with Crippen LogP contribution >= 0.6 is 0 Å². The summed E-state index contributed by atoms with van der Waals surface area (Å²) in [5, 5.41) is 3.48. The Labute approximate surface area is 122 Å². The number of halogens is 6. The first-order chi connectivity index (χ1) is 9.93. The zero-order chi connectivity index (χ0) is 16.9. The first-order valence-corrected chi connectivity index (χ1v) is 6.22. The van der Waals surface area contributed by atoms with Crippen LogP contribution in [0.4, 0.5) is 26.3 Å². The Kier molecular flexibility index (Phi) is 3.75. The zero-order valence-electron chi connectivity index (χ0n) is 11.9. The summed E-state index contributed by atoms with van der Waals surface area (Å²) in [5.74, 6) is 0. The van der Waals surface area contributed by atoms with Crippen molar-refractivity contribution >= 4 is 0 Å². The van der Waals surface area contributed by atoms with E-state index in [2.05, 4.69) is 5.10 Å². The summed E-state index contributed by atoms with van der Waals surface area (Å²) in [7, 11) is 0.852. The van der Waals surface area contributed by atoms with Crippen LogP contribution in [0.25, 0.3) is 11.3 Å². The standard InChI is InChI=1S/C14H12F6N2/c1-7-4-5-9(8(2)6-7)11-10(13(15,16)17)12(14(18,19)20)22(3)21-11/h4-6H,1-3H3. The molecule has 0 unspecified atom stereocenters. The monoisotopic (exact) mass is 322 g/mol. The van der Waals surface area contributed by atoms with E-state index >= 15 is 0 Å². The number of alkyl halides is 6. The minimum atomic E-state index is -5.16. The first kappa shape index (κ1) is 16.4. The van der Waals surface area contributed by atoms with E-state index in [-0.39, 0.29) is 10.2 Å². The molecule has 0 N–H and O–H groups in total. The van der Waals surface area contributed by atoms with Gasteiger partial charge in [-0.05, 0) is 19.4 Å². The smallest absolute Gasteiger partial charge is 0.262 e. The predicted molar refractivity (Wildman–Crippen MR) is 68.1 cm³/mol. The van der Waals surface area contributed by atoms with E-state index in [1.807, 2.05) is 0 Å². The molecule has 2 rings (SSSR count). The topological polar surface area (TPSA) is 17.8 Å². The average molecular weight is 322 g/mol. The Balaban J connectivity index is 2.83. The van der Waals surface area contributed by atoms with E-state index in [1.54, 1.807) is 13.0 Å². The molecule has 22 heavy (non-hydrogen) atoms. The Morgan fingerprint density at radius 1 is 0.955 bits per heavy atom. The molecular formula is C14H12F6N2. The summed E-state index contributed by atoms with van der Waals surface area (Å²) >= 11 is 0. The Bertz CT molecular complexity index is 709. The van der Waals surface area contributed by atoms with Crippen molar-refractivity contribution in [2.24, 2.45) is 7.05 Å². The molecule has 0 saturated carbocycles. The van der Waals surface area contributed by atoms with Gasteiger partial charge in [0.15, 0.2) is 5.69 Å². The summed E-state index contributed by atoms with van der Waals surface area (Å²) in [6.07, 6.45) is -10.3. The molecule has 0 fully saturated rings. The average Bonchev–Trinajstić information content (AvgIpc) is 2.65. The van der Waals surface area contributed by atoms with Gasteiger partial charge < -0.3 is 0 Å². The van der Waals surface area contributed by atoms with Crippen LogP contribution in [0.3, 0.4) is 0 Å². The molecular weight excluding hydrogens is 310 g/mol. The molecule has 2 nitrogen and oxygen atoms in total. The minimum Gasteiger partial charge on any atom is -0.262 e. The van der Waals surface area contributed by atoms with Crippen LogP contribution < -0.4 is 0 Å². The van der Waals surface area contributed by atoms with Gasteiger partial charge in [0.05, 0.1) is 0 Å². The summed E-state index contributed by atoms with van der Waals surface area (Å²) in [4.78, 5) is 0. The second-order valence-electron chi connectivity index (χ2n) is 5.01. The van der Waals surface area contributed by atoms with E-state index in [1.165, 1.54) is 19.1 Å². The summed E-state index contributed by atoms with van der Waals surface area (Å²) in [6.45, 7) is 3.27. The maximum absolute atomic E-state index is 13.2. The highest BCUT2D eigenvalue weighted by molar-refractivity contribution is 5.69. The number of aryl methyl sites for hydroxylation is 3.